The molecule has 0 radical (unpaired) electrons. The number of hydrogen-bond donors (Lipinski definition) is 4. The van der Waals surface area contributed by atoms with Crippen LogP contribution in [0, 0.1) is 5.53 Å². The van der Waals surface area contributed by atoms with Gasteiger partial charge in [0.2, 0.25) is 5.96 Å². The van der Waals surface area contributed by atoms with E-state index in [2.05, 4.69) is 21.0 Å². The molecule has 3 aromatic rings. The van der Waals surface area contributed by atoms with Gasteiger partial charge in [-0.3, -0.25) is 15.0 Å². The Balaban J connectivity index is 1.60. The predicted octanol–water partition coefficient (Wildman–Crippen LogP) is 7.64. The summed E-state index contributed by atoms with van der Waals surface area (Å²) in [5.74, 6) is -0.461. The van der Waals surface area contributed by atoms with Crippen LogP contribution >= 0.6 is 11.6 Å². The summed E-state index contributed by atoms with van der Waals surface area (Å²) in [5, 5.41) is 10.2. The molecule has 3 aromatic carbocycles. The van der Waals surface area contributed by atoms with Crippen LogP contribution in [0.1, 0.15) is 65.1 Å². The van der Waals surface area contributed by atoms with Crippen LogP contribution in [0.25, 0.3) is 0 Å². The van der Waals surface area contributed by atoms with E-state index >= 15 is 0 Å². The number of urea groups is 1. The molecule has 0 unspecified atom stereocenters. The van der Waals surface area contributed by atoms with Crippen LogP contribution in [0.5, 0.6) is 0 Å². The lowest BCUT2D eigenvalue weighted by Crippen LogP contribution is -2.36. The Morgan fingerprint density at radius 2 is 1.67 bits per heavy atom. The van der Waals surface area contributed by atoms with Crippen molar-refractivity contribution in [1.29, 1.82) is 5.53 Å². The second kappa shape index (κ2) is 13.5. The first-order chi connectivity index (χ1) is 20.1. The third-order valence-corrected chi connectivity index (χ3v) is 7.44. The number of hydrogen-bond acceptors (Lipinski definition) is 4. The molecule has 220 valence electrons. The topological polar surface area (TPSA) is 136 Å². The van der Waals surface area contributed by atoms with Crippen LogP contribution in [0.3, 0.4) is 0 Å². The molecule has 0 spiro atoms. The molecular formula is C29H29ClF3N7O2. The fourth-order valence-electron chi connectivity index (χ4n) is 4.88. The minimum absolute atomic E-state index is 0.0361. The molecule has 0 bridgehead atoms. The molecule has 0 atom stereocenters. The van der Waals surface area contributed by atoms with E-state index in [4.69, 9.17) is 22.9 Å². The van der Waals surface area contributed by atoms with Gasteiger partial charge in [-0.1, -0.05) is 66.3 Å². The molecule has 13 heteroatoms. The highest BCUT2D eigenvalue weighted by molar-refractivity contribution is 6.34. The smallest absolute Gasteiger partial charge is 0.368 e. The van der Waals surface area contributed by atoms with Crippen molar-refractivity contribution in [2.75, 3.05) is 10.2 Å². The quantitative estimate of drug-likeness (QED) is 0.0961. The number of nitrogens with two attached hydrogens (primary N) is 1. The van der Waals surface area contributed by atoms with Gasteiger partial charge in [0.25, 0.3) is 5.91 Å². The monoisotopic (exact) mass is 599 g/mol. The van der Waals surface area contributed by atoms with E-state index in [-0.39, 0.29) is 23.8 Å². The molecule has 0 saturated heterocycles. The minimum atomic E-state index is -4.69. The summed E-state index contributed by atoms with van der Waals surface area (Å²) in [6.45, 7) is 0.0361. The zero-order valence-electron chi connectivity index (χ0n) is 22.4. The fraction of sp³-hybridized carbons (Fsp3) is 0.276. The Morgan fingerprint density at radius 1 is 1.00 bits per heavy atom. The van der Waals surface area contributed by atoms with Crippen LogP contribution < -0.4 is 21.3 Å². The molecule has 1 saturated carbocycles. The van der Waals surface area contributed by atoms with E-state index in [9.17, 15) is 22.8 Å². The van der Waals surface area contributed by atoms with Gasteiger partial charge in [0.1, 0.15) is 0 Å². The third-order valence-electron chi connectivity index (χ3n) is 7.03. The number of carbonyl (C=O) groups is 2. The zero-order valence-corrected chi connectivity index (χ0v) is 23.2. The van der Waals surface area contributed by atoms with Gasteiger partial charge in [-0.2, -0.15) is 18.7 Å². The second-order valence-electron chi connectivity index (χ2n) is 9.84. The summed E-state index contributed by atoms with van der Waals surface area (Å²) < 4.78 is 40.2. The van der Waals surface area contributed by atoms with E-state index < -0.39 is 28.7 Å². The van der Waals surface area contributed by atoms with Crippen LogP contribution in [-0.2, 0) is 12.7 Å². The first-order valence-electron chi connectivity index (χ1n) is 13.2. The Labute approximate surface area is 245 Å². The lowest BCUT2D eigenvalue weighted by atomic mass is 9.84. The van der Waals surface area contributed by atoms with Gasteiger partial charge >= 0.3 is 12.2 Å². The van der Waals surface area contributed by atoms with E-state index in [1.165, 1.54) is 54.0 Å². The normalized spacial score (nSPS) is 14.2. The van der Waals surface area contributed by atoms with Gasteiger partial charge in [-0.25, -0.2) is 4.79 Å². The summed E-state index contributed by atoms with van der Waals surface area (Å²) in [5.41, 5.74) is 13.5. The SMILES string of the molecule is N=NN=C(N)NC(=O)c1ccc(CN(C(=O)Nc2cccc(C(F)(F)F)c2Cl)c2ccc(C3CCCCC3)cc2)cc1. The molecule has 1 aliphatic carbocycles. The predicted molar refractivity (Wildman–Crippen MR) is 155 cm³/mol. The van der Waals surface area contributed by atoms with Crippen LogP contribution in [0.4, 0.5) is 29.3 Å². The fourth-order valence-corrected chi connectivity index (χ4v) is 5.16. The Morgan fingerprint density at radius 3 is 2.29 bits per heavy atom. The van der Waals surface area contributed by atoms with Crippen LogP contribution in [-0.4, -0.2) is 17.9 Å². The highest BCUT2D eigenvalue weighted by Crippen LogP contribution is 2.38. The summed E-state index contributed by atoms with van der Waals surface area (Å²) in [4.78, 5) is 27.3. The number of rotatable bonds is 7. The number of anilines is 2. The maximum Gasteiger partial charge on any atom is 0.417 e. The first kappa shape index (κ1) is 30.5. The van der Waals surface area contributed by atoms with Gasteiger partial charge in [-0.15, -0.1) is 0 Å². The van der Waals surface area contributed by atoms with E-state index in [0.29, 0.717) is 17.2 Å². The van der Waals surface area contributed by atoms with Gasteiger partial charge in [0.05, 0.1) is 22.8 Å². The standard InChI is InChI=1S/C29H29ClF3N7O2/c30-25-23(29(31,32)33)7-4-8-24(25)36-28(42)40(22-15-13-20(14-16-22)19-5-2-1-3-6-19)17-18-9-11-21(12-10-18)26(41)37-27(34)38-39-35/h4,7-16,19H,1-3,5-6,17H2,(H,36,42)(H4,34,35,37,38,41). The number of nitrogens with one attached hydrogen (secondary N) is 3. The molecular weight excluding hydrogens is 571 g/mol. The molecule has 4 rings (SSSR count). The summed E-state index contributed by atoms with van der Waals surface area (Å²) in [6.07, 6.45) is 1.09. The number of nitrogens with zero attached hydrogens (tertiary/aromatic N) is 3. The summed E-state index contributed by atoms with van der Waals surface area (Å²) in [7, 11) is 0. The van der Waals surface area contributed by atoms with E-state index in [1.807, 2.05) is 24.3 Å². The molecule has 0 heterocycles. The number of benzene rings is 3. The van der Waals surface area contributed by atoms with Gasteiger partial charge in [0.15, 0.2) is 0 Å². The van der Waals surface area contributed by atoms with Gasteiger partial charge < -0.3 is 11.1 Å². The molecule has 0 aromatic heterocycles. The lowest BCUT2D eigenvalue weighted by Gasteiger charge is -2.26. The van der Waals surface area contributed by atoms with Crippen molar-refractivity contribution in [2.45, 2.75) is 50.7 Å². The Hall–Kier alpha value is -4.45. The van der Waals surface area contributed by atoms with Crippen molar-refractivity contribution in [3.8, 4) is 0 Å². The molecule has 42 heavy (non-hydrogen) atoms. The van der Waals surface area contributed by atoms with Crippen molar-refractivity contribution in [1.82, 2.24) is 5.32 Å². The molecule has 5 N–H and O–H groups in total. The molecule has 3 amide bonds. The number of amides is 3. The van der Waals surface area contributed by atoms with E-state index in [1.54, 1.807) is 12.1 Å². The zero-order chi connectivity index (χ0) is 30.3. The van der Waals surface area contributed by atoms with Crippen molar-refractivity contribution in [2.24, 2.45) is 16.1 Å². The summed E-state index contributed by atoms with van der Waals surface area (Å²) in [6, 6.07) is 16.5. The second-order valence-corrected chi connectivity index (χ2v) is 10.2. The Bertz CT molecular complexity index is 1460. The van der Waals surface area contributed by atoms with Gasteiger partial charge in [0, 0.05) is 11.3 Å². The maximum absolute atomic E-state index is 13.5. The first-order valence-corrected chi connectivity index (χ1v) is 13.6. The maximum atomic E-state index is 13.5. The number of carbonyl (C=O) groups excluding carboxylic acids is 2. The molecule has 1 aliphatic rings. The number of halogens is 4. The average molecular weight is 600 g/mol. The highest BCUT2D eigenvalue weighted by Gasteiger charge is 2.34. The molecule has 1 fully saturated rings. The van der Waals surface area contributed by atoms with E-state index in [0.717, 1.165) is 18.9 Å². The van der Waals surface area contributed by atoms with Crippen molar-refractivity contribution in [3.63, 3.8) is 0 Å². The molecule has 9 nitrogen and oxygen atoms in total. The van der Waals surface area contributed by atoms with Crippen molar-refractivity contribution in [3.05, 3.63) is 94.0 Å². The van der Waals surface area contributed by atoms with Gasteiger partial charge in [-0.05, 0) is 71.5 Å². The van der Waals surface area contributed by atoms with Crippen molar-refractivity contribution < 1.29 is 22.8 Å². The van der Waals surface area contributed by atoms with Crippen LogP contribution in [0.2, 0.25) is 5.02 Å². The number of alkyl halides is 3. The molecule has 0 aliphatic heterocycles. The summed E-state index contributed by atoms with van der Waals surface area (Å²) >= 11 is 6.03. The largest absolute Gasteiger partial charge is 0.417 e. The highest BCUT2D eigenvalue weighted by atomic mass is 35.5. The Kier molecular flexibility index (Phi) is 9.79. The third kappa shape index (κ3) is 7.64. The minimum Gasteiger partial charge on any atom is -0.368 e. The number of guanidine groups is 1. The average Bonchev–Trinajstić information content (AvgIpc) is 2.97. The van der Waals surface area contributed by atoms with Crippen molar-refractivity contribution >= 4 is 40.9 Å². The van der Waals surface area contributed by atoms with Crippen LogP contribution in [0.15, 0.2) is 77.1 Å². The lowest BCUT2D eigenvalue weighted by molar-refractivity contribution is -0.137.